The van der Waals surface area contributed by atoms with Crippen LogP contribution in [0.15, 0.2) is 24.3 Å². The van der Waals surface area contributed by atoms with Gasteiger partial charge in [-0.2, -0.15) is 0 Å². The molecule has 0 aromatic carbocycles. The maximum Gasteiger partial charge on any atom is 0.338 e. The van der Waals surface area contributed by atoms with Crippen molar-refractivity contribution in [3.63, 3.8) is 0 Å². The average molecular weight is 260 g/mol. The van der Waals surface area contributed by atoms with Crippen molar-refractivity contribution in [1.29, 1.82) is 0 Å². The van der Waals surface area contributed by atoms with Gasteiger partial charge in [0.05, 0.1) is 6.61 Å². The van der Waals surface area contributed by atoms with Crippen molar-refractivity contribution in [3.05, 3.63) is 24.3 Å². The molecule has 0 aromatic heterocycles. The van der Waals surface area contributed by atoms with Gasteiger partial charge in [-0.25, -0.2) is 14.4 Å². The summed E-state index contributed by atoms with van der Waals surface area (Å²) in [6.45, 7) is -0.606. The molecule has 1 rings (SSSR count). The number of carbonyl (C=O) groups excluding carboxylic acids is 2. The van der Waals surface area contributed by atoms with Crippen LogP contribution >= 0.6 is 0 Å². The van der Waals surface area contributed by atoms with Gasteiger partial charge in [0.15, 0.2) is 0 Å². The van der Waals surface area contributed by atoms with Crippen molar-refractivity contribution in [1.82, 2.24) is 0 Å². The summed E-state index contributed by atoms with van der Waals surface area (Å²) in [5.41, 5.74) is 0. The van der Waals surface area contributed by atoms with Crippen LogP contribution in [0, 0.1) is 0 Å². The highest BCUT2D eigenvalue weighted by Gasteiger charge is 2.11. The third-order valence-electron chi connectivity index (χ3n) is 1.57. The summed E-state index contributed by atoms with van der Waals surface area (Å²) < 4.78 is 3.97. The third kappa shape index (κ3) is 7.28. The zero-order valence-electron chi connectivity index (χ0n) is 9.09. The molecule has 0 radical (unpaired) electrons. The van der Waals surface area contributed by atoms with Crippen LogP contribution in [0.1, 0.15) is 0 Å². The maximum atomic E-state index is 9.92. The first kappa shape index (κ1) is 16.0. The molecule has 8 heteroatoms. The van der Waals surface area contributed by atoms with Crippen molar-refractivity contribution in [2.24, 2.45) is 0 Å². The molecule has 100 valence electrons. The largest absolute Gasteiger partial charge is 0.478 e. The van der Waals surface area contributed by atoms with E-state index in [0.717, 1.165) is 18.2 Å². The fourth-order valence-corrected chi connectivity index (χ4v) is 0.720. The Morgan fingerprint density at radius 2 is 1.78 bits per heavy atom. The molecule has 0 amide bonds. The zero-order valence-corrected chi connectivity index (χ0v) is 9.09. The number of carboxylic acids is 1. The second kappa shape index (κ2) is 8.12. The summed E-state index contributed by atoms with van der Waals surface area (Å²) in [7, 11) is 0. The number of carboxylic acid groups (broad SMARTS) is 1. The Morgan fingerprint density at radius 1 is 1.28 bits per heavy atom. The quantitative estimate of drug-likeness (QED) is 0.257. The van der Waals surface area contributed by atoms with E-state index in [1.165, 1.54) is 0 Å². The van der Waals surface area contributed by atoms with Gasteiger partial charge < -0.3 is 25.2 Å². The standard InChI is InChI=1S/C6H10O5.C4H2O3/c7-3-5(9)4(8)1-2-6(10)11;5-3-1-2-4(6)7-3/h1-2,4-5,7-9H,3H2,(H,10,11);1-2H. The van der Waals surface area contributed by atoms with Crippen LogP contribution in [-0.4, -0.2) is 57.1 Å². The Kier molecular flexibility index (Phi) is 7.20. The predicted octanol–water partition coefficient (Wildman–Crippen LogP) is -2.03. The Morgan fingerprint density at radius 3 is 2.06 bits per heavy atom. The number of rotatable bonds is 4. The van der Waals surface area contributed by atoms with Crippen LogP contribution in [-0.2, 0) is 19.1 Å². The van der Waals surface area contributed by atoms with Gasteiger partial charge in [0.2, 0.25) is 0 Å². The van der Waals surface area contributed by atoms with Crippen LogP contribution in [0.4, 0.5) is 0 Å². The lowest BCUT2D eigenvalue weighted by molar-refractivity contribution is -0.150. The van der Waals surface area contributed by atoms with Crippen LogP contribution < -0.4 is 0 Å². The van der Waals surface area contributed by atoms with Crippen LogP contribution in [0.2, 0.25) is 0 Å². The number of hydrogen-bond donors (Lipinski definition) is 4. The molecule has 0 aliphatic carbocycles. The van der Waals surface area contributed by atoms with E-state index < -0.39 is 36.7 Å². The van der Waals surface area contributed by atoms with E-state index in [0.29, 0.717) is 6.08 Å². The Balaban J connectivity index is 0.000000351. The molecule has 18 heavy (non-hydrogen) atoms. The molecular formula is C10H12O8. The number of aliphatic hydroxyl groups excluding tert-OH is 3. The van der Waals surface area contributed by atoms with E-state index in [1.807, 2.05) is 0 Å². The Hall–Kier alpha value is -2.03. The van der Waals surface area contributed by atoms with Crippen molar-refractivity contribution in [3.8, 4) is 0 Å². The molecular weight excluding hydrogens is 248 g/mol. The van der Waals surface area contributed by atoms with E-state index in [2.05, 4.69) is 4.74 Å². The summed E-state index contributed by atoms with van der Waals surface area (Å²) in [4.78, 5) is 29.7. The predicted molar refractivity (Wildman–Crippen MR) is 56.1 cm³/mol. The molecule has 1 heterocycles. The number of hydrogen-bond acceptors (Lipinski definition) is 7. The molecule has 0 fully saturated rings. The van der Waals surface area contributed by atoms with E-state index in [1.54, 1.807) is 0 Å². The topological polar surface area (TPSA) is 141 Å². The van der Waals surface area contributed by atoms with Gasteiger partial charge in [-0.05, 0) is 6.08 Å². The molecule has 2 unspecified atom stereocenters. The molecule has 0 bridgehead atoms. The van der Waals surface area contributed by atoms with E-state index in [9.17, 15) is 14.4 Å². The molecule has 0 saturated carbocycles. The van der Waals surface area contributed by atoms with Crippen molar-refractivity contribution in [2.75, 3.05) is 6.61 Å². The molecule has 1 aliphatic heterocycles. The Bertz CT molecular complexity index is 354. The highest BCUT2D eigenvalue weighted by molar-refractivity contribution is 6.04. The second-order valence-electron chi connectivity index (χ2n) is 3.01. The molecule has 4 N–H and O–H groups in total. The van der Waals surface area contributed by atoms with Gasteiger partial charge in [-0.3, -0.25) is 0 Å². The SMILES string of the molecule is O=C(O)C=CC(O)C(O)CO.O=C1C=CC(=O)O1. The zero-order chi connectivity index (χ0) is 14.1. The van der Waals surface area contributed by atoms with Gasteiger partial charge in [-0.1, -0.05) is 0 Å². The number of aliphatic hydroxyl groups is 3. The van der Waals surface area contributed by atoms with Gasteiger partial charge in [0.25, 0.3) is 0 Å². The smallest absolute Gasteiger partial charge is 0.338 e. The number of carbonyl (C=O) groups is 3. The van der Waals surface area contributed by atoms with Crippen LogP contribution in [0.5, 0.6) is 0 Å². The molecule has 0 spiro atoms. The van der Waals surface area contributed by atoms with E-state index in [-0.39, 0.29) is 0 Å². The van der Waals surface area contributed by atoms with E-state index in [4.69, 9.17) is 20.4 Å². The first-order valence-electron chi connectivity index (χ1n) is 4.68. The number of cyclic esters (lactones) is 2. The third-order valence-corrected chi connectivity index (χ3v) is 1.57. The number of esters is 2. The molecule has 8 nitrogen and oxygen atoms in total. The van der Waals surface area contributed by atoms with E-state index >= 15 is 0 Å². The number of aliphatic carboxylic acids is 1. The molecule has 0 saturated heterocycles. The summed E-state index contributed by atoms with van der Waals surface area (Å²) in [5.74, 6) is -2.37. The highest BCUT2D eigenvalue weighted by Crippen LogP contribution is 1.93. The van der Waals surface area contributed by atoms with Crippen LogP contribution in [0.25, 0.3) is 0 Å². The summed E-state index contributed by atoms with van der Waals surface area (Å²) in [5, 5.41) is 33.9. The number of ether oxygens (including phenoxy) is 1. The normalized spacial score (nSPS) is 17.1. The van der Waals surface area contributed by atoms with Crippen molar-refractivity contribution < 1.29 is 39.5 Å². The summed E-state index contributed by atoms with van der Waals surface area (Å²) in [6, 6.07) is 0. The highest BCUT2D eigenvalue weighted by atomic mass is 16.6. The lowest BCUT2D eigenvalue weighted by atomic mass is 10.2. The minimum Gasteiger partial charge on any atom is -0.478 e. The molecule has 2 atom stereocenters. The van der Waals surface area contributed by atoms with Gasteiger partial charge >= 0.3 is 17.9 Å². The van der Waals surface area contributed by atoms with Gasteiger partial charge in [0.1, 0.15) is 12.2 Å². The fourth-order valence-electron chi connectivity index (χ4n) is 0.720. The van der Waals surface area contributed by atoms with Gasteiger partial charge in [-0.15, -0.1) is 0 Å². The van der Waals surface area contributed by atoms with Gasteiger partial charge in [0, 0.05) is 18.2 Å². The Labute approximate surface area is 101 Å². The summed E-state index contributed by atoms with van der Waals surface area (Å²) in [6.07, 6.45) is 1.10. The second-order valence-corrected chi connectivity index (χ2v) is 3.01. The van der Waals surface area contributed by atoms with Crippen molar-refractivity contribution in [2.45, 2.75) is 12.2 Å². The monoisotopic (exact) mass is 260 g/mol. The minimum atomic E-state index is -1.34. The first-order chi connectivity index (χ1) is 8.36. The maximum absolute atomic E-state index is 9.92. The van der Waals surface area contributed by atoms with Crippen LogP contribution in [0.3, 0.4) is 0 Å². The summed E-state index contributed by atoms with van der Waals surface area (Å²) >= 11 is 0. The lowest BCUT2D eigenvalue weighted by Crippen LogP contribution is -2.27. The molecule has 0 aromatic rings. The fraction of sp³-hybridized carbons (Fsp3) is 0.300. The lowest BCUT2D eigenvalue weighted by Gasteiger charge is -2.09. The average Bonchev–Trinajstić information content (AvgIpc) is 2.69. The first-order valence-corrected chi connectivity index (χ1v) is 4.68. The molecule has 1 aliphatic rings. The van der Waals surface area contributed by atoms with Crippen molar-refractivity contribution >= 4 is 17.9 Å². The minimum absolute atomic E-state index is 0.579.